The number of carbonyl (C=O) groups excluding carboxylic acids is 1. The molecule has 0 radical (unpaired) electrons. The van der Waals surface area contributed by atoms with E-state index in [0.29, 0.717) is 5.92 Å². The van der Waals surface area contributed by atoms with Gasteiger partial charge in [0.25, 0.3) is 0 Å². The zero-order valence-corrected chi connectivity index (χ0v) is 21.7. The Morgan fingerprint density at radius 2 is 1.72 bits per heavy atom. The molecule has 1 heterocycles. The maximum atomic E-state index is 13.7. The first-order chi connectivity index (χ1) is 17.2. The molecule has 5 nitrogen and oxygen atoms in total. The van der Waals surface area contributed by atoms with E-state index >= 15 is 0 Å². The number of hydrogen-bond acceptors (Lipinski definition) is 3. The van der Waals surface area contributed by atoms with Crippen molar-refractivity contribution in [2.45, 2.75) is 71.6 Å². The first kappa shape index (κ1) is 25.6. The molecule has 0 bridgehead atoms. The minimum atomic E-state index is -0.822. The number of carboxylic acid groups (broad SMARTS) is 1. The highest BCUT2D eigenvalue weighted by Gasteiger charge is 2.32. The molecule has 1 saturated carbocycles. The molecule has 36 heavy (non-hydrogen) atoms. The van der Waals surface area contributed by atoms with Gasteiger partial charge in [0.1, 0.15) is 0 Å². The van der Waals surface area contributed by atoms with Crippen LogP contribution < -0.4 is 5.32 Å². The van der Waals surface area contributed by atoms with Gasteiger partial charge in [-0.1, -0.05) is 56.2 Å². The van der Waals surface area contributed by atoms with Gasteiger partial charge in [-0.25, -0.2) is 0 Å². The lowest BCUT2D eigenvalue weighted by atomic mass is 9.83. The van der Waals surface area contributed by atoms with Gasteiger partial charge < -0.3 is 10.4 Å². The van der Waals surface area contributed by atoms with Crippen LogP contribution in [-0.2, 0) is 9.59 Å². The van der Waals surface area contributed by atoms with E-state index in [9.17, 15) is 14.7 Å². The Hall–Kier alpha value is -3.47. The van der Waals surface area contributed by atoms with Crippen molar-refractivity contribution in [2.75, 3.05) is 5.32 Å². The zero-order valence-electron chi connectivity index (χ0n) is 21.7. The average molecular weight is 485 g/mol. The van der Waals surface area contributed by atoms with E-state index in [1.165, 1.54) is 0 Å². The SMILES string of the molecule is Cc1cc(-c2ccc([C@H](C(=O)Nc3cccc([C@H](C)CC(=O)O)c3C)C3CCCC3)cc2)cnc1C. The number of nitrogens with zero attached hydrogens (tertiary/aromatic N) is 1. The molecule has 0 aliphatic heterocycles. The van der Waals surface area contributed by atoms with Crippen molar-refractivity contribution in [3.05, 3.63) is 82.7 Å². The standard InChI is InChI=1S/C31H36N2O3/c1-19-16-26(18-32-22(19)4)23-12-14-25(15-13-23)30(24-8-5-6-9-24)31(36)33-28-11-7-10-27(21(28)3)20(2)17-29(34)35/h7,10-16,18,20,24,30H,5-6,8-9,17H2,1-4H3,(H,33,36)(H,34,35)/t20-,30-/m1/s1. The predicted molar refractivity (Wildman–Crippen MR) is 144 cm³/mol. The molecule has 1 aliphatic rings. The van der Waals surface area contributed by atoms with Crippen LogP contribution in [0.25, 0.3) is 11.1 Å². The molecule has 2 aromatic carbocycles. The van der Waals surface area contributed by atoms with Crippen LogP contribution in [0.15, 0.2) is 54.7 Å². The zero-order chi connectivity index (χ0) is 25.8. The highest BCUT2D eigenvalue weighted by molar-refractivity contribution is 5.97. The fourth-order valence-electron chi connectivity index (χ4n) is 5.52. The Kier molecular flexibility index (Phi) is 7.88. The van der Waals surface area contributed by atoms with Crippen molar-refractivity contribution in [3.63, 3.8) is 0 Å². The largest absolute Gasteiger partial charge is 0.481 e. The first-order valence-electron chi connectivity index (χ1n) is 12.9. The maximum absolute atomic E-state index is 13.7. The molecular weight excluding hydrogens is 448 g/mol. The molecule has 3 aromatic rings. The number of rotatable bonds is 8. The number of anilines is 1. The van der Waals surface area contributed by atoms with Crippen LogP contribution in [-0.4, -0.2) is 22.0 Å². The summed E-state index contributed by atoms with van der Waals surface area (Å²) in [5.41, 5.74) is 8.05. The van der Waals surface area contributed by atoms with Gasteiger partial charge >= 0.3 is 5.97 Å². The maximum Gasteiger partial charge on any atom is 0.303 e. The Labute approximate surface area is 214 Å². The normalized spacial score (nSPS) is 15.4. The predicted octanol–water partition coefficient (Wildman–Crippen LogP) is 7.16. The molecule has 5 heteroatoms. The molecule has 1 amide bonds. The molecule has 0 saturated heterocycles. The third-order valence-corrected chi connectivity index (χ3v) is 7.74. The fraction of sp³-hybridized carbons (Fsp3) is 0.387. The number of aliphatic carboxylic acids is 1. The van der Waals surface area contributed by atoms with Crippen molar-refractivity contribution < 1.29 is 14.7 Å². The number of benzene rings is 2. The number of aromatic nitrogens is 1. The van der Waals surface area contributed by atoms with Gasteiger partial charge in [-0.15, -0.1) is 0 Å². The summed E-state index contributed by atoms with van der Waals surface area (Å²) in [5.74, 6) is -0.851. The lowest BCUT2D eigenvalue weighted by Crippen LogP contribution is -2.27. The van der Waals surface area contributed by atoms with Crippen LogP contribution in [0.4, 0.5) is 5.69 Å². The highest BCUT2D eigenvalue weighted by Crippen LogP contribution is 2.39. The lowest BCUT2D eigenvalue weighted by molar-refractivity contribution is -0.137. The summed E-state index contributed by atoms with van der Waals surface area (Å²) < 4.78 is 0. The van der Waals surface area contributed by atoms with E-state index < -0.39 is 5.97 Å². The summed E-state index contributed by atoms with van der Waals surface area (Å²) in [6, 6.07) is 16.3. The molecular formula is C31H36N2O3. The molecule has 1 fully saturated rings. The van der Waals surface area contributed by atoms with Crippen molar-refractivity contribution in [1.29, 1.82) is 0 Å². The number of pyridine rings is 1. The molecule has 2 atom stereocenters. The quantitative estimate of drug-likeness (QED) is 0.355. The van der Waals surface area contributed by atoms with Crippen LogP contribution in [0.2, 0.25) is 0 Å². The van der Waals surface area contributed by atoms with Crippen molar-refractivity contribution in [3.8, 4) is 11.1 Å². The minimum absolute atomic E-state index is 0.00800. The van der Waals surface area contributed by atoms with E-state index in [1.54, 1.807) is 0 Å². The number of aryl methyl sites for hydroxylation is 2. The van der Waals surface area contributed by atoms with Crippen LogP contribution >= 0.6 is 0 Å². The second kappa shape index (κ2) is 11.1. The van der Waals surface area contributed by atoms with Crippen LogP contribution in [0.3, 0.4) is 0 Å². The Bertz CT molecular complexity index is 1240. The van der Waals surface area contributed by atoms with E-state index in [4.69, 9.17) is 0 Å². The summed E-state index contributed by atoms with van der Waals surface area (Å²) >= 11 is 0. The summed E-state index contributed by atoms with van der Waals surface area (Å²) in [4.78, 5) is 29.5. The van der Waals surface area contributed by atoms with E-state index in [1.807, 2.05) is 45.2 Å². The lowest BCUT2D eigenvalue weighted by Gasteiger charge is -2.25. The Morgan fingerprint density at radius 3 is 2.36 bits per heavy atom. The van der Waals surface area contributed by atoms with Gasteiger partial charge in [-0.2, -0.15) is 0 Å². The number of nitrogens with one attached hydrogen (secondary N) is 1. The van der Waals surface area contributed by atoms with Crippen molar-refractivity contribution in [2.24, 2.45) is 5.92 Å². The van der Waals surface area contributed by atoms with Crippen LogP contribution in [0.1, 0.15) is 78.8 Å². The fourth-order valence-corrected chi connectivity index (χ4v) is 5.52. The van der Waals surface area contributed by atoms with Crippen LogP contribution in [0, 0.1) is 26.7 Å². The molecule has 1 aliphatic carbocycles. The third-order valence-electron chi connectivity index (χ3n) is 7.74. The van der Waals surface area contributed by atoms with Gasteiger partial charge in [-0.05, 0) is 85.4 Å². The van der Waals surface area contributed by atoms with E-state index in [0.717, 1.165) is 70.4 Å². The highest BCUT2D eigenvalue weighted by atomic mass is 16.4. The number of carbonyl (C=O) groups is 2. The van der Waals surface area contributed by atoms with Gasteiger partial charge in [0.05, 0.1) is 12.3 Å². The van der Waals surface area contributed by atoms with Crippen LogP contribution in [0.5, 0.6) is 0 Å². The number of amides is 1. The summed E-state index contributed by atoms with van der Waals surface area (Å²) in [6.45, 7) is 7.95. The topological polar surface area (TPSA) is 79.3 Å². The molecule has 188 valence electrons. The van der Waals surface area contributed by atoms with E-state index in [2.05, 4.69) is 47.6 Å². The van der Waals surface area contributed by atoms with Gasteiger partial charge in [0.15, 0.2) is 0 Å². The molecule has 2 N–H and O–H groups in total. The average Bonchev–Trinajstić information content (AvgIpc) is 3.36. The van der Waals surface area contributed by atoms with Gasteiger partial charge in [0.2, 0.25) is 5.91 Å². The molecule has 1 aromatic heterocycles. The minimum Gasteiger partial charge on any atom is -0.481 e. The van der Waals surface area contributed by atoms with Crippen molar-refractivity contribution >= 4 is 17.6 Å². The Balaban J connectivity index is 1.60. The molecule has 4 rings (SSSR count). The second-order valence-corrected chi connectivity index (χ2v) is 10.3. The smallest absolute Gasteiger partial charge is 0.303 e. The third kappa shape index (κ3) is 5.67. The first-order valence-corrected chi connectivity index (χ1v) is 12.9. The second-order valence-electron chi connectivity index (χ2n) is 10.3. The number of hydrogen-bond donors (Lipinski definition) is 2. The van der Waals surface area contributed by atoms with E-state index in [-0.39, 0.29) is 24.2 Å². The van der Waals surface area contributed by atoms with Gasteiger partial charge in [0, 0.05) is 23.1 Å². The number of carboxylic acids is 1. The summed E-state index contributed by atoms with van der Waals surface area (Å²) in [5, 5.41) is 12.4. The summed E-state index contributed by atoms with van der Waals surface area (Å²) in [7, 11) is 0. The monoisotopic (exact) mass is 484 g/mol. The Morgan fingerprint density at radius 1 is 1.03 bits per heavy atom. The molecule has 0 spiro atoms. The van der Waals surface area contributed by atoms with Crippen molar-refractivity contribution in [1.82, 2.24) is 4.98 Å². The van der Waals surface area contributed by atoms with Gasteiger partial charge in [-0.3, -0.25) is 14.6 Å². The summed E-state index contributed by atoms with van der Waals surface area (Å²) in [6.07, 6.45) is 6.38. The molecule has 0 unspecified atom stereocenters.